The third kappa shape index (κ3) is 14.7. The highest BCUT2D eigenvalue weighted by Crippen LogP contribution is 2.39. The number of sulfonamides is 3. The van der Waals surface area contributed by atoms with Gasteiger partial charge >= 0.3 is 0 Å². The van der Waals surface area contributed by atoms with E-state index in [1.807, 2.05) is 42.5 Å². The van der Waals surface area contributed by atoms with Gasteiger partial charge in [0.25, 0.3) is 30.1 Å². The van der Waals surface area contributed by atoms with Gasteiger partial charge in [-0.3, -0.25) is 33.4 Å². The van der Waals surface area contributed by atoms with Crippen LogP contribution in [0.1, 0.15) is 50.9 Å². The van der Waals surface area contributed by atoms with E-state index < -0.39 is 30.1 Å². The SMILES string of the molecule is Cc1ccc2c(c1)CCN2[C@H]1CCN(c2ccc(S(=O)(=O)Nc3nccs3)cc2)C1=O.O=C1[C@@H](N2CCN(c3ccccc3Cl)CC2)CCN1c1ccc(S(=O)(=O)Nc2nccs2)cc1.O=C1[C@H](N2CCCc3c(Cl)cccc32)CCN1c1ccc(S(=O)(=O)Nc2nccs2)cc1.[HH].[HH].[HH].[HH].[HH].[HH]. The molecular weight excluding hydrogens is 1390 g/mol. The van der Waals surface area contributed by atoms with E-state index in [0.717, 1.165) is 104 Å². The van der Waals surface area contributed by atoms with Crippen molar-refractivity contribution in [1.29, 1.82) is 0 Å². The smallest absolute Gasteiger partial charge is 0.263 e. The fourth-order valence-electron chi connectivity index (χ4n) is 13.2. The standard InChI is InChI=1S/C23H24ClN5O3S2.C22H21ClN4O3S2.C22H22N4O3S2.6H2/c24-19-3-1-2-4-20(19)27-12-14-28(15-13-27)21-9-11-29(22(21)30)17-5-7-18(8-6-17)34(31,32)26-23-25-10-16-33-23;23-18-4-1-5-19-17(18)3-2-12-27(19)20-10-13-26(21(20)28)15-6-8-16(9-7-15)32(29,30)25-22-24-11-14-31-22;1-15-2-7-19-16(14-15)8-11-26(19)20-9-12-25(21(20)27)17-3-5-18(6-4-17)31(28,29)24-22-23-10-13-30-22;;;;;;/h1-8,10,16,21H,9,11-15H2,(H,25,26);1,4-9,11,14,20H,2-3,10,12-13H2,(H,24,25);2-7,10,13-14,20H,8-9,11-12H2,1H3,(H,23,24);6*1H/t21-;2*20-;;;;;;/m010....../s1. The van der Waals surface area contributed by atoms with Gasteiger partial charge in [0.15, 0.2) is 15.4 Å². The molecule has 6 aromatic carbocycles. The Morgan fingerprint density at radius 1 is 0.454 bits per heavy atom. The van der Waals surface area contributed by atoms with Crippen molar-refractivity contribution in [3.63, 3.8) is 0 Å². The van der Waals surface area contributed by atoms with Crippen LogP contribution in [0.15, 0.2) is 183 Å². The molecule has 6 aliphatic rings. The molecular formula is C67H79Cl2N13O9S6. The fourth-order valence-corrected chi connectivity index (χ4v) is 19.1. The number of thiazole rings is 3. The minimum absolute atomic E-state index is 0. The van der Waals surface area contributed by atoms with Crippen LogP contribution in [0.25, 0.3) is 0 Å². The number of fused-ring (bicyclic) bond motifs is 2. The maximum atomic E-state index is 13.3. The summed E-state index contributed by atoms with van der Waals surface area (Å²) in [4.78, 5) is 66.1. The Bertz CT molecular complexity index is 4700. The molecule has 3 N–H and O–H groups in total. The normalized spacial score (nSPS) is 18.9. The third-order valence-electron chi connectivity index (χ3n) is 18.0. The van der Waals surface area contributed by atoms with Gasteiger partial charge in [-0.25, -0.2) is 40.2 Å². The molecule has 9 aromatic rings. The molecule has 0 unspecified atom stereocenters. The maximum Gasteiger partial charge on any atom is 0.263 e. The number of hydrogen-bond donors (Lipinski definition) is 3. The first-order valence-corrected chi connectivity index (χ1v) is 39.3. The van der Waals surface area contributed by atoms with E-state index in [1.165, 1.54) is 93.9 Å². The number of anilines is 9. The highest BCUT2D eigenvalue weighted by atomic mass is 35.5. The van der Waals surface area contributed by atoms with Crippen molar-refractivity contribution >= 4 is 155 Å². The van der Waals surface area contributed by atoms with Crippen LogP contribution in [0, 0.1) is 6.92 Å². The van der Waals surface area contributed by atoms with Gasteiger partial charge in [-0.2, -0.15) is 0 Å². The molecule has 30 heteroatoms. The summed E-state index contributed by atoms with van der Waals surface area (Å²) in [6, 6.07) is 38.7. The van der Waals surface area contributed by atoms with Crippen LogP contribution in [-0.4, -0.2) is 140 Å². The molecule has 15 rings (SSSR count). The first kappa shape index (κ1) is 67.4. The summed E-state index contributed by atoms with van der Waals surface area (Å²) in [5.74, 6) is 0.141. The van der Waals surface area contributed by atoms with E-state index >= 15 is 0 Å². The summed E-state index contributed by atoms with van der Waals surface area (Å²) in [6.07, 6.45) is 9.65. The molecule has 0 radical (unpaired) electrons. The zero-order valence-electron chi connectivity index (χ0n) is 52.4. The minimum Gasteiger partial charge on any atom is -0.368 e. The van der Waals surface area contributed by atoms with Crippen LogP contribution >= 0.6 is 57.2 Å². The fraction of sp³-hybridized carbons (Fsp3) is 0.284. The number of aryl methyl sites for hydroxylation is 1. The molecule has 516 valence electrons. The number of amides is 3. The Kier molecular flexibility index (Phi) is 19.9. The summed E-state index contributed by atoms with van der Waals surface area (Å²) in [5.41, 5.74) is 8.97. The zero-order valence-corrected chi connectivity index (χ0v) is 58.8. The van der Waals surface area contributed by atoms with Crippen molar-refractivity contribution in [3.8, 4) is 0 Å². The van der Waals surface area contributed by atoms with Gasteiger partial charge in [-0.05, 0) is 160 Å². The zero-order chi connectivity index (χ0) is 67.6. The number of para-hydroxylation sites is 1. The molecule has 9 heterocycles. The number of aromatic nitrogens is 3. The number of piperazine rings is 1. The predicted octanol–water partition coefficient (Wildman–Crippen LogP) is 12.6. The van der Waals surface area contributed by atoms with Crippen molar-refractivity contribution in [1.82, 2.24) is 19.9 Å². The van der Waals surface area contributed by atoms with Crippen LogP contribution in [0.2, 0.25) is 10.0 Å². The first-order valence-electron chi connectivity index (χ1n) is 31.4. The number of hydrogen-bond acceptors (Lipinski definition) is 19. The van der Waals surface area contributed by atoms with E-state index in [1.54, 1.807) is 73.4 Å². The molecule has 97 heavy (non-hydrogen) atoms. The lowest BCUT2D eigenvalue weighted by molar-refractivity contribution is -0.122. The number of carbonyl (C=O) groups excluding carboxylic acids is 3. The molecule has 3 atom stereocenters. The number of carbonyl (C=O) groups is 3. The Labute approximate surface area is 594 Å². The number of benzene rings is 6. The Hall–Kier alpha value is -8.19. The molecule has 0 saturated carbocycles. The summed E-state index contributed by atoms with van der Waals surface area (Å²) in [7, 11) is -11.2. The van der Waals surface area contributed by atoms with E-state index in [0.29, 0.717) is 58.5 Å². The minimum atomic E-state index is -3.73. The first-order chi connectivity index (χ1) is 46.8. The van der Waals surface area contributed by atoms with Gasteiger partial charge in [0.1, 0.15) is 12.1 Å². The number of rotatable bonds is 16. The summed E-state index contributed by atoms with van der Waals surface area (Å²) < 4.78 is 82.7. The summed E-state index contributed by atoms with van der Waals surface area (Å²) >= 11 is 16.4. The Morgan fingerprint density at radius 3 is 1.35 bits per heavy atom. The highest BCUT2D eigenvalue weighted by molar-refractivity contribution is 7.93. The van der Waals surface area contributed by atoms with Crippen LogP contribution in [-0.2, 0) is 57.3 Å². The topological polar surface area (TPSA) is 251 Å². The predicted molar refractivity (Wildman–Crippen MR) is 398 cm³/mol. The molecule has 0 bridgehead atoms. The van der Waals surface area contributed by atoms with Crippen molar-refractivity contribution in [2.75, 3.05) is 102 Å². The molecule has 22 nitrogen and oxygen atoms in total. The molecule has 4 fully saturated rings. The second kappa shape index (κ2) is 28.7. The maximum absolute atomic E-state index is 13.3. The van der Waals surface area contributed by atoms with Crippen LogP contribution in [0.5, 0.6) is 0 Å². The lowest BCUT2D eigenvalue weighted by atomic mass is 9.99. The van der Waals surface area contributed by atoms with Crippen LogP contribution in [0.3, 0.4) is 0 Å². The summed E-state index contributed by atoms with van der Waals surface area (Å²) in [5, 5.41) is 7.55. The largest absolute Gasteiger partial charge is 0.368 e. The van der Waals surface area contributed by atoms with Crippen LogP contribution < -0.4 is 43.6 Å². The number of nitrogens with one attached hydrogen (secondary N) is 3. The van der Waals surface area contributed by atoms with E-state index in [9.17, 15) is 39.6 Å². The second-order valence-corrected chi connectivity index (χ2v) is 32.3. The van der Waals surface area contributed by atoms with Gasteiger partial charge in [0, 0.05) is 136 Å². The molecule has 4 saturated heterocycles. The van der Waals surface area contributed by atoms with Crippen molar-refractivity contribution < 1.29 is 48.2 Å². The van der Waals surface area contributed by atoms with Crippen LogP contribution in [0.4, 0.5) is 49.5 Å². The molecule has 3 aromatic heterocycles. The van der Waals surface area contributed by atoms with Crippen molar-refractivity contribution in [2.45, 2.75) is 78.3 Å². The average molecular weight is 1470 g/mol. The number of nitrogens with zero attached hydrogens (tertiary/aromatic N) is 10. The van der Waals surface area contributed by atoms with Crippen molar-refractivity contribution in [3.05, 3.63) is 195 Å². The van der Waals surface area contributed by atoms with Gasteiger partial charge in [0.05, 0.1) is 31.4 Å². The van der Waals surface area contributed by atoms with E-state index in [2.05, 4.69) is 73.8 Å². The lowest BCUT2D eigenvalue weighted by Crippen LogP contribution is -2.52. The average Bonchev–Trinajstić information content (AvgIpc) is 1.70. The van der Waals surface area contributed by atoms with Gasteiger partial charge in [-0.15, -0.1) is 34.0 Å². The monoisotopic (exact) mass is 1470 g/mol. The molecule has 3 amide bonds. The second-order valence-electron chi connectivity index (χ2n) is 23.8. The quantitative estimate of drug-likeness (QED) is 0.0813. The number of halogens is 2. The molecule has 0 spiro atoms. The third-order valence-corrected chi connectivity index (χ3v) is 25.2. The van der Waals surface area contributed by atoms with Crippen molar-refractivity contribution in [2.24, 2.45) is 0 Å². The van der Waals surface area contributed by atoms with E-state index in [-0.39, 0.29) is 59.1 Å². The van der Waals surface area contributed by atoms with Gasteiger partial charge in [0.2, 0.25) is 17.7 Å². The molecule has 6 aliphatic heterocycles. The van der Waals surface area contributed by atoms with Gasteiger partial charge < -0.3 is 29.4 Å². The van der Waals surface area contributed by atoms with Gasteiger partial charge in [-0.1, -0.05) is 59.1 Å². The summed E-state index contributed by atoms with van der Waals surface area (Å²) in [6.45, 7) is 8.76. The highest BCUT2D eigenvalue weighted by Gasteiger charge is 2.42. The van der Waals surface area contributed by atoms with E-state index in [4.69, 9.17) is 23.2 Å². The lowest BCUT2D eigenvalue weighted by Gasteiger charge is -2.38. The Balaban J connectivity index is 0.000000210. The molecule has 0 aliphatic carbocycles. The Morgan fingerprint density at radius 2 is 0.887 bits per heavy atom.